The number of hydrogen-bond acceptors (Lipinski definition) is 5. The number of rotatable bonds is 3. The fourth-order valence-electron chi connectivity index (χ4n) is 2.87. The first-order valence-electron chi connectivity index (χ1n) is 6.89. The summed E-state index contributed by atoms with van der Waals surface area (Å²) in [6.07, 6.45) is 1.50. The van der Waals surface area contributed by atoms with E-state index in [1.807, 2.05) is 0 Å². The Morgan fingerprint density at radius 3 is 2.90 bits per heavy atom. The summed E-state index contributed by atoms with van der Waals surface area (Å²) in [5.74, 6) is 0.461. The van der Waals surface area contributed by atoms with Crippen LogP contribution in [0.25, 0.3) is 0 Å². The molecule has 0 atom stereocenters. The number of ether oxygens (including phenoxy) is 1. The highest BCUT2D eigenvalue weighted by Crippen LogP contribution is 2.30. The van der Waals surface area contributed by atoms with Gasteiger partial charge in [-0.2, -0.15) is 5.10 Å². The van der Waals surface area contributed by atoms with E-state index in [4.69, 9.17) is 4.74 Å². The van der Waals surface area contributed by atoms with Crippen molar-refractivity contribution >= 4 is 5.91 Å². The standard InChI is InChI=1S/C13H19N3O4/c17-8-13(9-18)2-1-3-15(7-13)12(19)10-6-11-16(14-10)4-5-20-11/h6,17-18H,1-5,7-9H2. The molecule has 110 valence electrons. The third-order valence-electron chi connectivity index (χ3n) is 4.13. The quantitative estimate of drug-likeness (QED) is 0.778. The van der Waals surface area contributed by atoms with Gasteiger partial charge >= 0.3 is 0 Å². The van der Waals surface area contributed by atoms with Gasteiger partial charge in [-0.15, -0.1) is 0 Å². The average Bonchev–Trinajstić information content (AvgIpc) is 3.07. The average molecular weight is 281 g/mol. The number of amides is 1. The number of nitrogens with zero attached hydrogens (tertiary/aromatic N) is 3. The maximum atomic E-state index is 12.5. The van der Waals surface area contributed by atoms with Crippen molar-refractivity contribution in [3.63, 3.8) is 0 Å². The molecular weight excluding hydrogens is 262 g/mol. The Kier molecular flexibility index (Phi) is 3.39. The molecule has 0 unspecified atom stereocenters. The van der Waals surface area contributed by atoms with Crippen LogP contribution in [0.3, 0.4) is 0 Å². The SMILES string of the molecule is O=C(c1cc2n(n1)CCO2)N1CCCC(CO)(CO)C1. The molecule has 0 aromatic carbocycles. The topological polar surface area (TPSA) is 87.8 Å². The Hall–Kier alpha value is -1.60. The van der Waals surface area contributed by atoms with E-state index in [9.17, 15) is 15.0 Å². The van der Waals surface area contributed by atoms with Gasteiger partial charge in [0.1, 0.15) is 6.61 Å². The van der Waals surface area contributed by atoms with Crippen LogP contribution < -0.4 is 4.74 Å². The zero-order valence-corrected chi connectivity index (χ0v) is 11.3. The van der Waals surface area contributed by atoms with E-state index in [0.29, 0.717) is 37.8 Å². The van der Waals surface area contributed by atoms with Crippen molar-refractivity contribution in [3.8, 4) is 5.88 Å². The van der Waals surface area contributed by atoms with Crippen LogP contribution in [0.4, 0.5) is 0 Å². The van der Waals surface area contributed by atoms with Gasteiger partial charge in [-0.25, -0.2) is 4.68 Å². The summed E-state index contributed by atoms with van der Waals surface area (Å²) in [4.78, 5) is 14.1. The fraction of sp³-hybridized carbons (Fsp3) is 0.692. The van der Waals surface area contributed by atoms with Crippen LogP contribution in [0.1, 0.15) is 23.3 Å². The van der Waals surface area contributed by atoms with Crippen molar-refractivity contribution in [2.24, 2.45) is 5.41 Å². The first-order valence-corrected chi connectivity index (χ1v) is 6.89. The predicted molar refractivity (Wildman–Crippen MR) is 69.5 cm³/mol. The summed E-state index contributed by atoms with van der Waals surface area (Å²) < 4.78 is 7.03. The van der Waals surface area contributed by atoms with Crippen LogP contribution in [0.15, 0.2) is 6.07 Å². The molecule has 1 aromatic rings. The largest absolute Gasteiger partial charge is 0.476 e. The highest BCUT2D eigenvalue weighted by atomic mass is 16.5. The molecule has 20 heavy (non-hydrogen) atoms. The zero-order valence-electron chi connectivity index (χ0n) is 11.3. The van der Waals surface area contributed by atoms with Gasteiger partial charge in [-0.3, -0.25) is 4.79 Å². The first kappa shape index (κ1) is 13.4. The molecule has 3 heterocycles. The van der Waals surface area contributed by atoms with Crippen LogP contribution >= 0.6 is 0 Å². The summed E-state index contributed by atoms with van der Waals surface area (Å²) in [5.41, 5.74) is -0.223. The summed E-state index contributed by atoms with van der Waals surface area (Å²) >= 11 is 0. The Labute approximate surface area is 116 Å². The number of carbonyl (C=O) groups is 1. The number of aliphatic hydroxyl groups excluding tert-OH is 2. The highest BCUT2D eigenvalue weighted by molar-refractivity contribution is 5.92. The molecule has 1 aromatic heterocycles. The first-order chi connectivity index (χ1) is 9.67. The zero-order chi connectivity index (χ0) is 14.2. The van der Waals surface area contributed by atoms with E-state index in [1.165, 1.54) is 0 Å². The second kappa shape index (κ2) is 5.06. The van der Waals surface area contributed by atoms with Gasteiger partial charge in [0.25, 0.3) is 5.91 Å². The summed E-state index contributed by atoms with van der Waals surface area (Å²) in [6, 6.07) is 1.66. The Bertz CT molecular complexity index is 488. The van der Waals surface area contributed by atoms with E-state index in [1.54, 1.807) is 15.6 Å². The Balaban J connectivity index is 1.76. The van der Waals surface area contributed by atoms with Gasteiger partial charge in [-0.05, 0) is 12.8 Å². The van der Waals surface area contributed by atoms with Gasteiger partial charge in [0, 0.05) is 24.6 Å². The molecule has 2 aliphatic rings. The maximum absolute atomic E-state index is 12.5. The molecular formula is C13H19N3O4. The minimum atomic E-state index is -0.590. The number of carbonyl (C=O) groups excluding carboxylic acids is 1. The molecule has 0 spiro atoms. The molecule has 2 N–H and O–H groups in total. The number of piperidine rings is 1. The number of hydrogen-bond donors (Lipinski definition) is 2. The lowest BCUT2D eigenvalue weighted by Gasteiger charge is -2.40. The minimum absolute atomic E-state index is 0.115. The molecule has 0 saturated carbocycles. The van der Waals surface area contributed by atoms with Gasteiger partial charge in [0.15, 0.2) is 5.69 Å². The molecule has 7 nitrogen and oxygen atoms in total. The smallest absolute Gasteiger partial charge is 0.274 e. The molecule has 1 amide bonds. The van der Waals surface area contributed by atoms with Crippen molar-refractivity contribution < 1.29 is 19.7 Å². The number of aliphatic hydroxyl groups is 2. The fourth-order valence-corrected chi connectivity index (χ4v) is 2.87. The van der Waals surface area contributed by atoms with E-state index >= 15 is 0 Å². The monoisotopic (exact) mass is 281 g/mol. The highest BCUT2D eigenvalue weighted by Gasteiger charge is 2.37. The third-order valence-corrected chi connectivity index (χ3v) is 4.13. The van der Waals surface area contributed by atoms with Crippen LogP contribution in [0, 0.1) is 5.41 Å². The lowest BCUT2D eigenvalue weighted by Crippen LogP contribution is -2.49. The summed E-state index contributed by atoms with van der Waals surface area (Å²) in [6.45, 7) is 2.02. The molecule has 1 fully saturated rings. The van der Waals surface area contributed by atoms with Crippen LogP contribution in [-0.4, -0.2) is 63.7 Å². The Morgan fingerprint density at radius 2 is 2.20 bits per heavy atom. The van der Waals surface area contributed by atoms with Crippen LogP contribution in [-0.2, 0) is 6.54 Å². The summed E-state index contributed by atoms with van der Waals surface area (Å²) in [7, 11) is 0. The van der Waals surface area contributed by atoms with Crippen molar-refractivity contribution in [1.82, 2.24) is 14.7 Å². The van der Waals surface area contributed by atoms with Gasteiger partial charge in [-0.1, -0.05) is 0 Å². The van der Waals surface area contributed by atoms with Crippen molar-refractivity contribution in [1.29, 1.82) is 0 Å². The van der Waals surface area contributed by atoms with Gasteiger partial charge in [0.05, 0.1) is 19.8 Å². The van der Waals surface area contributed by atoms with E-state index < -0.39 is 5.41 Å². The molecule has 2 aliphatic heterocycles. The van der Waals surface area contributed by atoms with Crippen LogP contribution in [0.5, 0.6) is 5.88 Å². The second-order valence-electron chi connectivity index (χ2n) is 5.59. The van der Waals surface area contributed by atoms with Crippen molar-refractivity contribution in [2.75, 3.05) is 32.9 Å². The third kappa shape index (κ3) is 2.16. The molecule has 3 rings (SSSR count). The number of aromatic nitrogens is 2. The van der Waals surface area contributed by atoms with E-state index in [2.05, 4.69) is 5.10 Å². The minimum Gasteiger partial charge on any atom is -0.476 e. The molecule has 0 bridgehead atoms. The maximum Gasteiger partial charge on any atom is 0.274 e. The van der Waals surface area contributed by atoms with Gasteiger partial charge in [0.2, 0.25) is 5.88 Å². The molecule has 1 saturated heterocycles. The van der Waals surface area contributed by atoms with Crippen molar-refractivity contribution in [2.45, 2.75) is 19.4 Å². The Morgan fingerprint density at radius 1 is 1.40 bits per heavy atom. The second-order valence-corrected chi connectivity index (χ2v) is 5.59. The molecule has 0 radical (unpaired) electrons. The van der Waals surface area contributed by atoms with E-state index in [0.717, 1.165) is 12.8 Å². The summed E-state index contributed by atoms with van der Waals surface area (Å²) in [5, 5.41) is 23.2. The molecule has 7 heteroatoms. The van der Waals surface area contributed by atoms with E-state index in [-0.39, 0.29) is 19.1 Å². The van der Waals surface area contributed by atoms with Crippen molar-refractivity contribution in [3.05, 3.63) is 11.8 Å². The lowest BCUT2D eigenvalue weighted by atomic mass is 9.81. The number of fused-ring (bicyclic) bond motifs is 1. The number of likely N-dealkylation sites (tertiary alicyclic amines) is 1. The van der Waals surface area contributed by atoms with Gasteiger partial charge < -0.3 is 19.8 Å². The molecule has 0 aliphatic carbocycles. The van der Waals surface area contributed by atoms with Crippen LogP contribution in [0.2, 0.25) is 0 Å². The predicted octanol–water partition coefficient (Wildman–Crippen LogP) is -0.517. The normalized spacial score (nSPS) is 20.6. The lowest BCUT2D eigenvalue weighted by molar-refractivity contribution is -0.00647.